The van der Waals surface area contributed by atoms with Crippen molar-refractivity contribution in [3.63, 3.8) is 0 Å². The van der Waals surface area contributed by atoms with E-state index >= 15 is 0 Å². The number of allylic oxidation sites excluding steroid dienone is 2. The second-order valence-electron chi connectivity index (χ2n) is 5.90. The van der Waals surface area contributed by atoms with Crippen LogP contribution in [-0.2, 0) is 9.53 Å². The Kier molecular flexibility index (Phi) is 6.90. The molecule has 0 saturated carbocycles. The first-order valence-electron chi connectivity index (χ1n) is 7.98. The zero-order chi connectivity index (χ0) is 19.3. The standard InChI is InChI=1S/C18H22O8/c1-10(20)8-12(21)5-2-11-3-6-13(7-4-11)25-18-17(24)16(23)15(22)14(9-19)26-18/h2-8,14-19,21-24H,9H2,1H3/b5-2+,12-8-/t14-,15-,16+,17-,18-/m1/s1. The quantitative estimate of drug-likeness (QED) is 0.268. The van der Waals surface area contributed by atoms with E-state index in [-0.39, 0.29) is 11.5 Å². The summed E-state index contributed by atoms with van der Waals surface area (Å²) in [6, 6.07) is 6.48. The molecule has 0 radical (unpaired) electrons. The highest BCUT2D eigenvalue weighted by Gasteiger charge is 2.44. The molecule has 1 saturated heterocycles. The Bertz CT molecular complexity index is 664. The van der Waals surface area contributed by atoms with Gasteiger partial charge < -0.3 is 35.0 Å². The first kappa shape index (κ1) is 20.1. The van der Waals surface area contributed by atoms with E-state index in [0.29, 0.717) is 5.75 Å². The van der Waals surface area contributed by atoms with Gasteiger partial charge in [0.2, 0.25) is 6.29 Å². The SMILES string of the molecule is CC(=O)/C=C(O)/C=C/c1ccc(O[C@@H]2O[C@H](CO)[C@@H](O)[C@H](O)[C@H]2O)cc1. The number of hydrogen-bond donors (Lipinski definition) is 5. The molecule has 1 aliphatic rings. The monoisotopic (exact) mass is 366 g/mol. The minimum absolute atomic E-state index is 0.167. The van der Waals surface area contributed by atoms with E-state index in [9.17, 15) is 25.2 Å². The van der Waals surface area contributed by atoms with E-state index in [1.165, 1.54) is 13.0 Å². The number of hydrogen-bond acceptors (Lipinski definition) is 8. The van der Waals surface area contributed by atoms with Gasteiger partial charge >= 0.3 is 0 Å². The second-order valence-corrected chi connectivity index (χ2v) is 5.90. The molecule has 0 aliphatic carbocycles. The normalized spacial score (nSPS) is 29.7. The summed E-state index contributed by atoms with van der Waals surface area (Å²) >= 11 is 0. The summed E-state index contributed by atoms with van der Waals surface area (Å²) in [5.41, 5.74) is 0.717. The highest BCUT2D eigenvalue weighted by molar-refractivity contribution is 5.88. The number of benzene rings is 1. The van der Waals surface area contributed by atoms with Gasteiger partial charge in [-0.15, -0.1) is 0 Å². The third-order valence-electron chi connectivity index (χ3n) is 3.78. The Morgan fingerprint density at radius 2 is 1.81 bits per heavy atom. The number of aliphatic hydroxyl groups is 5. The van der Waals surface area contributed by atoms with Gasteiger partial charge in [-0.25, -0.2) is 0 Å². The van der Waals surface area contributed by atoms with Crippen molar-refractivity contribution in [2.45, 2.75) is 37.6 Å². The van der Waals surface area contributed by atoms with Crippen molar-refractivity contribution in [2.75, 3.05) is 6.61 Å². The Morgan fingerprint density at radius 1 is 1.15 bits per heavy atom. The average molecular weight is 366 g/mol. The van der Waals surface area contributed by atoms with Crippen LogP contribution in [0.5, 0.6) is 5.75 Å². The van der Waals surface area contributed by atoms with Crippen LogP contribution < -0.4 is 4.74 Å². The maximum atomic E-state index is 10.8. The molecule has 2 rings (SSSR count). The fraction of sp³-hybridized carbons (Fsp3) is 0.389. The summed E-state index contributed by atoms with van der Waals surface area (Å²) < 4.78 is 10.7. The zero-order valence-corrected chi connectivity index (χ0v) is 14.1. The molecule has 8 heteroatoms. The van der Waals surface area contributed by atoms with E-state index in [0.717, 1.165) is 11.6 Å². The highest BCUT2D eigenvalue weighted by atomic mass is 16.7. The molecule has 26 heavy (non-hydrogen) atoms. The third kappa shape index (κ3) is 5.13. The third-order valence-corrected chi connectivity index (χ3v) is 3.78. The predicted molar refractivity (Wildman–Crippen MR) is 91.3 cm³/mol. The van der Waals surface area contributed by atoms with Crippen LogP contribution in [0, 0.1) is 0 Å². The lowest BCUT2D eigenvalue weighted by Crippen LogP contribution is -2.60. The number of aliphatic hydroxyl groups excluding tert-OH is 5. The van der Waals surface area contributed by atoms with Crippen molar-refractivity contribution in [1.82, 2.24) is 0 Å². The molecular formula is C18H22O8. The molecule has 5 N–H and O–H groups in total. The minimum atomic E-state index is -1.51. The number of ketones is 1. The van der Waals surface area contributed by atoms with Crippen LogP contribution in [-0.4, -0.2) is 68.6 Å². The van der Waals surface area contributed by atoms with Crippen LogP contribution >= 0.6 is 0 Å². The highest BCUT2D eigenvalue weighted by Crippen LogP contribution is 2.24. The molecule has 1 fully saturated rings. The van der Waals surface area contributed by atoms with Gasteiger partial charge in [0.1, 0.15) is 35.9 Å². The summed E-state index contributed by atoms with van der Waals surface area (Å²) in [6.45, 7) is 0.793. The topological polar surface area (TPSA) is 137 Å². The largest absolute Gasteiger partial charge is 0.508 e. The molecule has 8 nitrogen and oxygen atoms in total. The van der Waals surface area contributed by atoms with Gasteiger partial charge in [0.05, 0.1) is 6.61 Å². The van der Waals surface area contributed by atoms with E-state index < -0.39 is 37.3 Å². The number of rotatable bonds is 6. The minimum Gasteiger partial charge on any atom is -0.508 e. The van der Waals surface area contributed by atoms with E-state index in [4.69, 9.17) is 14.6 Å². The van der Waals surface area contributed by atoms with Crippen molar-refractivity contribution < 1.29 is 39.8 Å². The van der Waals surface area contributed by atoms with E-state index in [1.54, 1.807) is 30.3 Å². The summed E-state index contributed by atoms with van der Waals surface area (Å²) in [5, 5.41) is 48.1. The Balaban J connectivity index is 2.02. The van der Waals surface area contributed by atoms with Crippen molar-refractivity contribution in [1.29, 1.82) is 0 Å². The van der Waals surface area contributed by atoms with Crippen LogP contribution in [0.25, 0.3) is 6.08 Å². The Hall–Kier alpha value is -2.23. The van der Waals surface area contributed by atoms with Crippen LogP contribution in [0.3, 0.4) is 0 Å². The molecule has 142 valence electrons. The molecule has 1 aromatic rings. The lowest BCUT2D eigenvalue weighted by atomic mass is 9.99. The van der Waals surface area contributed by atoms with Crippen LogP contribution in [0.15, 0.2) is 42.2 Å². The molecule has 0 aromatic heterocycles. The van der Waals surface area contributed by atoms with Gasteiger partial charge in [0.15, 0.2) is 5.78 Å². The lowest BCUT2D eigenvalue weighted by molar-refractivity contribution is -0.277. The maximum Gasteiger partial charge on any atom is 0.229 e. The van der Waals surface area contributed by atoms with Crippen LogP contribution in [0.1, 0.15) is 12.5 Å². The fourth-order valence-corrected chi connectivity index (χ4v) is 2.39. The van der Waals surface area contributed by atoms with E-state index in [2.05, 4.69) is 0 Å². The van der Waals surface area contributed by atoms with Crippen molar-refractivity contribution in [3.05, 3.63) is 47.7 Å². The molecule has 5 atom stereocenters. The van der Waals surface area contributed by atoms with Crippen molar-refractivity contribution >= 4 is 11.9 Å². The smallest absolute Gasteiger partial charge is 0.229 e. The van der Waals surface area contributed by atoms with Gasteiger partial charge in [0.25, 0.3) is 0 Å². The lowest BCUT2D eigenvalue weighted by Gasteiger charge is -2.39. The van der Waals surface area contributed by atoms with Gasteiger partial charge in [0, 0.05) is 6.08 Å². The van der Waals surface area contributed by atoms with Gasteiger partial charge in [-0.2, -0.15) is 0 Å². The number of ether oxygens (including phenoxy) is 2. The molecular weight excluding hydrogens is 344 g/mol. The summed E-state index contributed by atoms with van der Waals surface area (Å²) in [4.78, 5) is 10.8. The first-order valence-corrected chi connectivity index (χ1v) is 7.98. The predicted octanol–water partition coefficient (Wildman–Crippen LogP) is -0.0906. The molecule has 0 spiro atoms. The van der Waals surface area contributed by atoms with Gasteiger partial charge in [-0.3, -0.25) is 4.79 Å². The number of carbonyl (C=O) groups is 1. The van der Waals surface area contributed by atoms with Crippen LogP contribution in [0.2, 0.25) is 0 Å². The summed E-state index contributed by atoms with van der Waals surface area (Å²) in [7, 11) is 0. The van der Waals surface area contributed by atoms with Gasteiger partial charge in [-0.05, 0) is 30.7 Å². The second kappa shape index (κ2) is 8.93. The van der Waals surface area contributed by atoms with E-state index in [1.807, 2.05) is 0 Å². The maximum absolute atomic E-state index is 10.8. The van der Waals surface area contributed by atoms with Crippen molar-refractivity contribution in [2.24, 2.45) is 0 Å². The molecule has 0 unspecified atom stereocenters. The Morgan fingerprint density at radius 3 is 2.38 bits per heavy atom. The Labute approximate surface area is 150 Å². The van der Waals surface area contributed by atoms with Gasteiger partial charge in [-0.1, -0.05) is 18.2 Å². The number of carbonyl (C=O) groups excluding carboxylic acids is 1. The fourth-order valence-electron chi connectivity index (χ4n) is 2.39. The molecule has 0 bridgehead atoms. The van der Waals surface area contributed by atoms with Crippen LogP contribution in [0.4, 0.5) is 0 Å². The van der Waals surface area contributed by atoms with Crippen molar-refractivity contribution in [3.8, 4) is 5.75 Å². The summed E-state index contributed by atoms with van der Waals surface area (Å²) in [5.74, 6) is -0.107. The molecule has 1 heterocycles. The summed E-state index contributed by atoms with van der Waals surface area (Å²) in [6.07, 6.45) is -2.69. The first-order chi connectivity index (χ1) is 12.3. The average Bonchev–Trinajstić information content (AvgIpc) is 2.61. The molecule has 1 aromatic carbocycles. The molecule has 0 amide bonds. The zero-order valence-electron chi connectivity index (χ0n) is 14.1. The molecule has 1 aliphatic heterocycles.